The van der Waals surface area contributed by atoms with Crippen molar-refractivity contribution in [3.05, 3.63) is 0 Å². The van der Waals surface area contributed by atoms with E-state index in [1.807, 2.05) is 6.92 Å². The number of alkyl halides is 3. The van der Waals surface area contributed by atoms with Crippen LogP contribution in [-0.2, 0) is 0 Å². The van der Waals surface area contributed by atoms with Crippen LogP contribution in [0.25, 0.3) is 0 Å². The Bertz CT molecular complexity index is 205. The molecular formula is C10H19F3N2. The molecule has 3 atom stereocenters. The molecule has 0 spiro atoms. The quantitative estimate of drug-likeness (QED) is 0.777. The van der Waals surface area contributed by atoms with Crippen molar-refractivity contribution in [2.75, 3.05) is 13.1 Å². The molecule has 0 aromatic carbocycles. The van der Waals surface area contributed by atoms with Gasteiger partial charge in [-0.1, -0.05) is 6.92 Å². The van der Waals surface area contributed by atoms with Crippen molar-refractivity contribution in [2.24, 2.45) is 11.7 Å². The number of rotatable bonds is 2. The Labute approximate surface area is 88.6 Å². The minimum Gasteiger partial charge on any atom is -0.329 e. The summed E-state index contributed by atoms with van der Waals surface area (Å²) in [6.45, 7) is 4.09. The molecule has 1 heterocycles. The molecule has 0 aliphatic carbocycles. The summed E-state index contributed by atoms with van der Waals surface area (Å²) in [5.41, 5.74) is 5.22. The summed E-state index contributed by atoms with van der Waals surface area (Å²) in [4.78, 5) is 1.50. The molecule has 3 unspecified atom stereocenters. The summed E-state index contributed by atoms with van der Waals surface area (Å²) < 4.78 is 38.0. The number of hydrogen-bond acceptors (Lipinski definition) is 2. The monoisotopic (exact) mass is 224 g/mol. The fourth-order valence-corrected chi connectivity index (χ4v) is 2.35. The van der Waals surface area contributed by atoms with Gasteiger partial charge >= 0.3 is 6.18 Å². The van der Waals surface area contributed by atoms with Crippen molar-refractivity contribution in [1.29, 1.82) is 0 Å². The van der Waals surface area contributed by atoms with Crippen LogP contribution in [0.15, 0.2) is 0 Å². The van der Waals surface area contributed by atoms with Crippen molar-refractivity contribution >= 4 is 0 Å². The van der Waals surface area contributed by atoms with Crippen LogP contribution >= 0.6 is 0 Å². The number of hydrogen-bond donors (Lipinski definition) is 1. The zero-order valence-electron chi connectivity index (χ0n) is 9.22. The Morgan fingerprint density at radius 2 is 2.00 bits per heavy atom. The molecule has 0 bridgehead atoms. The van der Waals surface area contributed by atoms with Crippen LogP contribution in [0.1, 0.15) is 26.7 Å². The van der Waals surface area contributed by atoms with E-state index < -0.39 is 12.2 Å². The number of likely N-dealkylation sites (tertiary alicyclic amines) is 1. The van der Waals surface area contributed by atoms with E-state index in [0.717, 1.165) is 12.8 Å². The highest BCUT2D eigenvalue weighted by Crippen LogP contribution is 2.31. The lowest BCUT2D eigenvalue weighted by Gasteiger charge is -2.41. The normalized spacial score (nSPS) is 31.6. The SMILES string of the molecule is CC1CCN(C(CN)C(F)(F)F)C(C)C1. The van der Waals surface area contributed by atoms with Gasteiger partial charge in [0.1, 0.15) is 6.04 Å². The molecular weight excluding hydrogens is 205 g/mol. The summed E-state index contributed by atoms with van der Waals surface area (Å²) in [6.07, 6.45) is -2.55. The van der Waals surface area contributed by atoms with Gasteiger partial charge in [-0.15, -0.1) is 0 Å². The fraction of sp³-hybridized carbons (Fsp3) is 1.00. The van der Waals surface area contributed by atoms with Gasteiger partial charge in [0.2, 0.25) is 0 Å². The van der Waals surface area contributed by atoms with Crippen molar-refractivity contribution in [2.45, 2.75) is 44.9 Å². The van der Waals surface area contributed by atoms with E-state index in [1.54, 1.807) is 0 Å². The second-order valence-corrected chi connectivity index (χ2v) is 4.51. The highest BCUT2D eigenvalue weighted by atomic mass is 19.4. The van der Waals surface area contributed by atoms with Gasteiger partial charge in [0.15, 0.2) is 0 Å². The Hall–Kier alpha value is -0.290. The van der Waals surface area contributed by atoms with Crippen molar-refractivity contribution in [3.63, 3.8) is 0 Å². The van der Waals surface area contributed by atoms with Crippen LogP contribution in [0, 0.1) is 5.92 Å². The summed E-state index contributed by atoms with van der Waals surface area (Å²) >= 11 is 0. The number of nitrogens with two attached hydrogens (primary N) is 1. The van der Waals surface area contributed by atoms with Crippen LogP contribution in [0.3, 0.4) is 0 Å². The molecule has 1 aliphatic rings. The average molecular weight is 224 g/mol. The summed E-state index contributed by atoms with van der Waals surface area (Å²) in [6, 6.07) is -1.50. The van der Waals surface area contributed by atoms with Crippen LogP contribution < -0.4 is 5.73 Å². The minimum atomic E-state index is -4.20. The lowest BCUT2D eigenvalue weighted by atomic mass is 9.92. The van der Waals surface area contributed by atoms with Crippen molar-refractivity contribution in [1.82, 2.24) is 4.90 Å². The molecule has 2 nitrogen and oxygen atoms in total. The number of halogens is 3. The molecule has 1 aliphatic heterocycles. The first-order valence-corrected chi connectivity index (χ1v) is 5.38. The third-order valence-electron chi connectivity index (χ3n) is 3.19. The maximum Gasteiger partial charge on any atom is 0.405 e. The van der Waals surface area contributed by atoms with Gasteiger partial charge in [-0.25, -0.2) is 0 Å². The summed E-state index contributed by atoms with van der Waals surface area (Å²) in [7, 11) is 0. The van der Waals surface area contributed by atoms with Gasteiger partial charge in [-0.05, 0) is 32.2 Å². The molecule has 15 heavy (non-hydrogen) atoms. The summed E-state index contributed by atoms with van der Waals surface area (Å²) in [5, 5.41) is 0. The van der Waals surface area contributed by atoms with E-state index in [4.69, 9.17) is 5.73 Å². The third-order valence-corrected chi connectivity index (χ3v) is 3.19. The van der Waals surface area contributed by atoms with E-state index in [1.165, 1.54) is 4.90 Å². The van der Waals surface area contributed by atoms with Gasteiger partial charge in [0.05, 0.1) is 0 Å². The second-order valence-electron chi connectivity index (χ2n) is 4.51. The van der Waals surface area contributed by atoms with Crippen molar-refractivity contribution in [3.8, 4) is 0 Å². The van der Waals surface area contributed by atoms with Gasteiger partial charge in [0.25, 0.3) is 0 Å². The molecule has 2 N–H and O–H groups in total. The molecule has 1 rings (SSSR count). The fourth-order valence-electron chi connectivity index (χ4n) is 2.35. The van der Waals surface area contributed by atoms with E-state index in [0.29, 0.717) is 12.5 Å². The van der Waals surface area contributed by atoms with E-state index in [-0.39, 0.29) is 12.6 Å². The zero-order chi connectivity index (χ0) is 11.6. The molecule has 1 fully saturated rings. The van der Waals surface area contributed by atoms with Crippen LogP contribution in [-0.4, -0.2) is 36.2 Å². The molecule has 90 valence electrons. The predicted molar refractivity (Wildman–Crippen MR) is 53.5 cm³/mol. The van der Waals surface area contributed by atoms with Crippen LogP contribution in [0.5, 0.6) is 0 Å². The highest BCUT2D eigenvalue weighted by Gasteiger charge is 2.44. The first-order valence-electron chi connectivity index (χ1n) is 5.38. The second kappa shape index (κ2) is 4.70. The molecule has 0 saturated carbocycles. The molecule has 0 aromatic heterocycles. The van der Waals surface area contributed by atoms with Gasteiger partial charge < -0.3 is 5.73 Å². The molecule has 0 aromatic rings. The average Bonchev–Trinajstić information content (AvgIpc) is 2.07. The number of piperidine rings is 1. The van der Waals surface area contributed by atoms with E-state index in [9.17, 15) is 13.2 Å². The Morgan fingerprint density at radius 1 is 1.40 bits per heavy atom. The molecule has 0 radical (unpaired) electrons. The molecule has 0 amide bonds. The lowest BCUT2D eigenvalue weighted by molar-refractivity contribution is -0.190. The van der Waals surface area contributed by atoms with E-state index >= 15 is 0 Å². The molecule has 5 heteroatoms. The Kier molecular flexibility index (Phi) is 4.00. The first-order chi connectivity index (χ1) is 6.86. The maximum absolute atomic E-state index is 12.7. The largest absolute Gasteiger partial charge is 0.405 e. The van der Waals surface area contributed by atoms with Crippen LogP contribution in [0.4, 0.5) is 13.2 Å². The summed E-state index contributed by atoms with van der Waals surface area (Å²) in [5.74, 6) is 0.517. The smallest absolute Gasteiger partial charge is 0.329 e. The Balaban J connectivity index is 2.68. The lowest BCUT2D eigenvalue weighted by Crippen LogP contribution is -2.56. The minimum absolute atomic E-state index is 0.0241. The Morgan fingerprint density at radius 3 is 2.40 bits per heavy atom. The number of nitrogens with zero attached hydrogens (tertiary/aromatic N) is 1. The third kappa shape index (κ3) is 3.08. The van der Waals surface area contributed by atoms with Gasteiger partial charge in [-0.3, -0.25) is 4.90 Å². The zero-order valence-corrected chi connectivity index (χ0v) is 9.22. The molecule has 1 saturated heterocycles. The van der Waals surface area contributed by atoms with Gasteiger partial charge in [0, 0.05) is 12.6 Å². The van der Waals surface area contributed by atoms with E-state index in [2.05, 4.69) is 6.92 Å². The van der Waals surface area contributed by atoms with Crippen molar-refractivity contribution < 1.29 is 13.2 Å². The maximum atomic E-state index is 12.7. The predicted octanol–water partition coefficient (Wildman–Crippen LogP) is 2.00. The highest BCUT2D eigenvalue weighted by molar-refractivity contribution is 4.87. The van der Waals surface area contributed by atoms with Gasteiger partial charge in [-0.2, -0.15) is 13.2 Å². The topological polar surface area (TPSA) is 29.3 Å². The standard InChI is InChI=1S/C10H19F3N2/c1-7-3-4-15(8(2)5-7)9(6-14)10(11,12)13/h7-9H,3-6,14H2,1-2H3. The first kappa shape index (κ1) is 12.8. The van der Waals surface area contributed by atoms with Crippen LogP contribution in [0.2, 0.25) is 0 Å².